The van der Waals surface area contributed by atoms with Gasteiger partial charge in [-0.15, -0.1) is 6.58 Å². The fraction of sp³-hybridized carbons (Fsp3) is 0.750. The van der Waals surface area contributed by atoms with Gasteiger partial charge < -0.3 is 14.9 Å². The van der Waals surface area contributed by atoms with Gasteiger partial charge in [-0.25, -0.2) is 0 Å². The van der Waals surface area contributed by atoms with Crippen molar-refractivity contribution in [2.24, 2.45) is 11.8 Å². The first-order valence-corrected chi connectivity index (χ1v) is 5.64. The Morgan fingerprint density at radius 3 is 2.62 bits per heavy atom. The molecule has 2 N–H and O–H groups in total. The average Bonchev–Trinajstić information content (AvgIpc) is 2.28. The summed E-state index contributed by atoms with van der Waals surface area (Å²) in [5.74, 6) is -1.02. The van der Waals surface area contributed by atoms with Gasteiger partial charge in [-0.3, -0.25) is 4.79 Å². The van der Waals surface area contributed by atoms with E-state index in [1.165, 1.54) is 0 Å². The molecule has 0 saturated carbocycles. The zero-order valence-corrected chi connectivity index (χ0v) is 10.1. The Morgan fingerprint density at radius 2 is 2.19 bits per heavy atom. The largest absolute Gasteiger partial charge is 0.466 e. The van der Waals surface area contributed by atoms with E-state index in [4.69, 9.17) is 9.84 Å². The molecule has 0 aliphatic carbocycles. The first kappa shape index (κ1) is 15.1. The minimum Gasteiger partial charge on any atom is -0.466 e. The van der Waals surface area contributed by atoms with Crippen LogP contribution in [0.2, 0.25) is 0 Å². The Morgan fingerprint density at radius 1 is 1.56 bits per heavy atom. The van der Waals surface area contributed by atoms with Crippen LogP contribution in [0.1, 0.15) is 26.7 Å². The summed E-state index contributed by atoms with van der Waals surface area (Å²) < 4.78 is 4.95. The normalized spacial score (nSPS) is 16.2. The fourth-order valence-corrected chi connectivity index (χ4v) is 1.58. The van der Waals surface area contributed by atoms with Crippen molar-refractivity contribution in [1.82, 2.24) is 0 Å². The Hall–Kier alpha value is -0.870. The summed E-state index contributed by atoms with van der Waals surface area (Å²) in [5.41, 5.74) is 0. The molecule has 0 rings (SSSR count). The number of aliphatic hydroxyl groups is 2. The van der Waals surface area contributed by atoms with Crippen LogP contribution in [0.5, 0.6) is 0 Å². The van der Waals surface area contributed by atoms with Crippen LogP contribution in [0.25, 0.3) is 0 Å². The molecule has 0 amide bonds. The molecule has 0 saturated heterocycles. The zero-order valence-electron chi connectivity index (χ0n) is 10.1. The van der Waals surface area contributed by atoms with E-state index < -0.39 is 6.10 Å². The summed E-state index contributed by atoms with van der Waals surface area (Å²) in [5, 5.41) is 18.4. The van der Waals surface area contributed by atoms with Gasteiger partial charge in [-0.05, 0) is 25.7 Å². The lowest BCUT2D eigenvalue weighted by atomic mass is 9.86. The molecule has 0 aromatic carbocycles. The molecule has 0 aromatic rings. The topological polar surface area (TPSA) is 66.8 Å². The first-order valence-electron chi connectivity index (χ1n) is 5.64. The Bertz CT molecular complexity index is 215. The van der Waals surface area contributed by atoms with Gasteiger partial charge in [-0.1, -0.05) is 13.0 Å². The second-order valence-electron chi connectivity index (χ2n) is 3.83. The van der Waals surface area contributed by atoms with E-state index in [0.717, 1.165) is 0 Å². The van der Waals surface area contributed by atoms with Crippen LogP contribution in [0.15, 0.2) is 12.7 Å². The third-order valence-electron chi connectivity index (χ3n) is 2.70. The molecule has 4 nitrogen and oxygen atoms in total. The van der Waals surface area contributed by atoms with E-state index in [2.05, 4.69) is 6.58 Å². The number of aliphatic hydroxyl groups excluding tert-OH is 2. The molecule has 0 aliphatic rings. The van der Waals surface area contributed by atoms with Crippen LogP contribution >= 0.6 is 0 Å². The molecule has 16 heavy (non-hydrogen) atoms. The molecule has 0 aliphatic heterocycles. The van der Waals surface area contributed by atoms with Crippen LogP contribution in [0, 0.1) is 11.8 Å². The van der Waals surface area contributed by atoms with Gasteiger partial charge in [0, 0.05) is 0 Å². The Labute approximate surface area is 96.9 Å². The summed E-state index contributed by atoms with van der Waals surface area (Å²) in [6, 6.07) is 0. The molecule has 3 atom stereocenters. The number of rotatable bonds is 8. The minimum absolute atomic E-state index is 0.315. The highest BCUT2D eigenvalue weighted by atomic mass is 16.5. The van der Waals surface area contributed by atoms with Crippen molar-refractivity contribution < 1.29 is 19.7 Å². The Kier molecular flexibility index (Phi) is 7.85. The molecule has 0 heterocycles. The number of carbonyl (C=O) groups excluding carboxylic acids is 1. The fourth-order valence-electron chi connectivity index (χ4n) is 1.58. The zero-order chi connectivity index (χ0) is 12.6. The van der Waals surface area contributed by atoms with E-state index in [1.54, 1.807) is 19.9 Å². The number of allylic oxidation sites excluding steroid dienone is 1. The van der Waals surface area contributed by atoms with Crippen molar-refractivity contribution in [3.8, 4) is 0 Å². The van der Waals surface area contributed by atoms with Gasteiger partial charge in [0.1, 0.15) is 0 Å². The highest BCUT2D eigenvalue weighted by Gasteiger charge is 2.30. The lowest BCUT2D eigenvalue weighted by molar-refractivity contribution is -0.152. The van der Waals surface area contributed by atoms with Crippen LogP contribution < -0.4 is 0 Å². The molecule has 0 radical (unpaired) electrons. The number of esters is 1. The maximum absolute atomic E-state index is 11.7. The maximum atomic E-state index is 11.7. The number of hydrogen-bond acceptors (Lipinski definition) is 4. The summed E-state index contributed by atoms with van der Waals surface area (Å²) >= 11 is 0. The lowest BCUT2D eigenvalue weighted by Gasteiger charge is -2.25. The number of carbonyl (C=O) groups is 1. The molecular weight excluding hydrogens is 208 g/mol. The van der Waals surface area contributed by atoms with Gasteiger partial charge in [0.05, 0.1) is 25.2 Å². The van der Waals surface area contributed by atoms with Crippen molar-refractivity contribution in [3.05, 3.63) is 12.7 Å². The van der Waals surface area contributed by atoms with Gasteiger partial charge >= 0.3 is 5.97 Å². The van der Waals surface area contributed by atoms with Crippen LogP contribution in [0.3, 0.4) is 0 Å². The molecule has 0 aromatic heterocycles. The van der Waals surface area contributed by atoms with E-state index in [-0.39, 0.29) is 24.4 Å². The smallest absolute Gasteiger partial charge is 0.309 e. The van der Waals surface area contributed by atoms with Crippen LogP contribution in [0.4, 0.5) is 0 Å². The van der Waals surface area contributed by atoms with Gasteiger partial charge in [0.25, 0.3) is 0 Å². The van der Waals surface area contributed by atoms with E-state index in [1.807, 2.05) is 0 Å². The second-order valence-corrected chi connectivity index (χ2v) is 3.83. The summed E-state index contributed by atoms with van der Waals surface area (Å²) in [6.45, 7) is 7.07. The van der Waals surface area contributed by atoms with Crippen LogP contribution in [-0.2, 0) is 9.53 Å². The van der Waals surface area contributed by atoms with Crippen molar-refractivity contribution >= 4 is 5.97 Å². The molecule has 0 bridgehead atoms. The molecule has 4 heteroatoms. The highest BCUT2D eigenvalue weighted by Crippen LogP contribution is 2.22. The van der Waals surface area contributed by atoms with Crippen molar-refractivity contribution in [2.75, 3.05) is 13.2 Å². The highest BCUT2D eigenvalue weighted by molar-refractivity contribution is 5.72. The number of hydrogen-bond donors (Lipinski definition) is 2. The quantitative estimate of drug-likeness (QED) is 0.484. The van der Waals surface area contributed by atoms with E-state index >= 15 is 0 Å². The van der Waals surface area contributed by atoms with Gasteiger partial charge in [-0.2, -0.15) is 0 Å². The molecule has 3 unspecified atom stereocenters. The summed E-state index contributed by atoms with van der Waals surface area (Å²) in [7, 11) is 0. The predicted octanol–water partition coefficient (Wildman–Crippen LogP) is 1.12. The second kappa shape index (κ2) is 8.30. The maximum Gasteiger partial charge on any atom is 0.309 e. The van der Waals surface area contributed by atoms with Crippen molar-refractivity contribution in [3.63, 3.8) is 0 Å². The van der Waals surface area contributed by atoms with E-state index in [9.17, 15) is 9.90 Å². The third-order valence-corrected chi connectivity index (χ3v) is 2.70. The molecular formula is C12H22O4. The molecule has 94 valence electrons. The summed E-state index contributed by atoms with van der Waals surface area (Å²) in [4.78, 5) is 11.7. The van der Waals surface area contributed by atoms with Crippen LogP contribution in [-0.4, -0.2) is 35.5 Å². The first-order chi connectivity index (χ1) is 7.58. The monoisotopic (exact) mass is 230 g/mol. The Balaban J connectivity index is 4.50. The lowest BCUT2D eigenvalue weighted by Crippen LogP contribution is -2.34. The van der Waals surface area contributed by atoms with Gasteiger partial charge in [0.15, 0.2) is 0 Å². The predicted molar refractivity (Wildman–Crippen MR) is 61.8 cm³/mol. The molecule has 0 fully saturated rings. The summed E-state index contributed by atoms with van der Waals surface area (Å²) in [6.07, 6.45) is 2.11. The molecule has 0 spiro atoms. The standard InChI is InChI=1S/C12H22O4/c1-4-6-7-10(12(15)16-5-2)9(3)11(14)8-13/h4,9-11,13-14H,1,5-8H2,2-3H3. The van der Waals surface area contributed by atoms with Crippen molar-refractivity contribution in [2.45, 2.75) is 32.8 Å². The third kappa shape index (κ3) is 4.77. The average molecular weight is 230 g/mol. The van der Waals surface area contributed by atoms with Gasteiger partial charge in [0.2, 0.25) is 0 Å². The van der Waals surface area contributed by atoms with E-state index in [0.29, 0.717) is 19.4 Å². The number of ether oxygens (including phenoxy) is 1. The minimum atomic E-state index is -0.890. The SMILES string of the molecule is C=CCCC(C(=O)OCC)C(C)C(O)CO. The van der Waals surface area contributed by atoms with Crippen molar-refractivity contribution in [1.29, 1.82) is 0 Å².